The molecule has 0 saturated carbocycles. The molecular formula is C29H41N7O3S. The maximum Gasteiger partial charge on any atom is 0.237 e. The van der Waals surface area contributed by atoms with Crippen molar-refractivity contribution in [2.45, 2.75) is 52.4 Å². The number of piperazine rings is 1. The summed E-state index contributed by atoms with van der Waals surface area (Å²) in [5.74, 6) is 1.87. The minimum absolute atomic E-state index is 0.0385. The molecule has 40 heavy (non-hydrogen) atoms. The molecule has 11 heteroatoms. The van der Waals surface area contributed by atoms with Crippen LogP contribution in [-0.4, -0.2) is 67.4 Å². The Morgan fingerprint density at radius 3 is 2.30 bits per heavy atom. The van der Waals surface area contributed by atoms with E-state index in [1.54, 1.807) is 45.2 Å². The van der Waals surface area contributed by atoms with Gasteiger partial charge in [-0.15, -0.1) is 0 Å². The Morgan fingerprint density at radius 2 is 1.62 bits per heavy atom. The van der Waals surface area contributed by atoms with Crippen molar-refractivity contribution in [1.82, 2.24) is 14.9 Å². The molecule has 1 aliphatic rings. The lowest BCUT2D eigenvalue weighted by Crippen LogP contribution is -2.44. The molecule has 2 heterocycles. The number of rotatable bonds is 9. The van der Waals surface area contributed by atoms with E-state index in [4.69, 9.17) is 4.74 Å². The average Bonchev–Trinajstić information content (AvgIpc) is 2.86. The third kappa shape index (κ3) is 7.33. The van der Waals surface area contributed by atoms with Crippen LogP contribution in [0.1, 0.15) is 40.2 Å². The molecule has 216 valence electrons. The number of aryl methyl sites for hydroxylation is 1. The van der Waals surface area contributed by atoms with Crippen LogP contribution in [0.2, 0.25) is 0 Å². The van der Waals surface area contributed by atoms with Gasteiger partial charge in [0, 0.05) is 55.4 Å². The molecule has 1 saturated heterocycles. The number of likely N-dealkylation sites (N-methyl/N-ethyl adjacent to an activating group) is 1. The van der Waals surface area contributed by atoms with Gasteiger partial charge < -0.3 is 25.2 Å². The largest absolute Gasteiger partial charge is 0.489 e. The second-order valence-electron chi connectivity index (χ2n) is 11.4. The second-order valence-corrected chi connectivity index (χ2v) is 13.8. The van der Waals surface area contributed by atoms with Gasteiger partial charge in [-0.3, -0.25) is 4.72 Å². The topological polar surface area (TPSA) is 112 Å². The Labute approximate surface area is 238 Å². The first kappa shape index (κ1) is 29.4. The van der Waals surface area contributed by atoms with Gasteiger partial charge in [-0.05, 0) is 78.9 Å². The lowest BCUT2D eigenvalue weighted by Gasteiger charge is -2.35. The van der Waals surface area contributed by atoms with Crippen LogP contribution >= 0.6 is 0 Å². The van der Waals surface area contributed by atoms with Gasteiger partial charge in [0.2, 0.25) is 16.0 Å². The monoisotopic (exact) mass is 567 g/mol. The Morgan fingerprint density at radius 1 is 0.950 bits per heavy atom. The number of sulfonamides is 1. The van der Waals surface area contributed by atoms with Gasteiger partial charge in [0.15, 0.2) is 0 Å². The molecule has 1 aromatic heterocycles. The van der Waals surface area contributed by atoms with Crippen molar-refractivity contribution in [3.63, 3.8) is 0 Å². The molecule has 0 radical (unpaired) electrons. The summed E-state index contributed by atoms with van der Waals surface area (Å²) in [4.78, 5) is 13.9. The number of nitrogens with one attached hydrogen (secondary N) is 3. The normalized spacial score (nSPS) is 14.8. The standard InChI is InChI=1S/C29H41N7O3S/c1-20(2)39-26-18-23(11-12-25(26)36-15-13-35(7)14-16-36)32-28-30-19-21(3)27(33-28)31-22-9-8-10-24(17-22)34-40(37,38)29(4,5)6/h8-12,17-20,34H,13-16H2,1-7H3,(H2,30,31,32,33). The van der Waals surface area contributed by atoms with Gasteiger partial charge in [-0.2, -0.15) is 4.98 Å². The van der Waals surface area contributed by atoms with Crippen molar-refractivity contribution in [3.05, 3.63) is 54.2 Å². The van der Waals surface area contributed by atoms with Crippen LogP contribution in [0, 0.1) is 6.92 Å². The quantitative estimate of drug-likeness (QED) is 0.315. The highest BCUT2D eigenvalue weighted by molar-refractivity contribution is 7.94. The number of ether oxygens (including phenoxy) is 1. The predicted octanol–water partition coefficient (Wildman–Crippen LogP) is 5.35. The van der Waals surface area contributed by atoms with Crippen LogP contribution in [0.3, 0.4) is 0 Å². The third-order valence-electron chi connectivity index (χ3n) is 6.58. The van der Waals surface area contributed by atoms with Gasteiger partial charge >= 0.3 is 0 Å². The molecule has 2 aromatic carbocycles. The first-order valence-electron chi connectivity index (χ1n) is 13.5. The fourth-order valence-electron chi connectivity index (χ4n) is 4.11. The van der Waals surface area contributed by atoms with Gasteiger partial charge in [0.1, 0.15) is 11.6 Å². The Bertz CT molecular complexity index is 1430. The lowest BCUT2D eigenvalue weighted by atomic mass is 10.2. The number of nitrogens with zero attached hydrogens (tertiary/aromatic N) is 4. The fraction of sp³-hybridized carbons (Fsp3) is 0.448. The van der Waals surface area contributed by atoms with E-state index in [0.717, 1.165) is 48.9 Å². The number of hydrogen-bond acceptors (Lipinski definition) is 9. The minimum Gasteiger partial charge on any atom is -0.489 e. The molecular weight excluding hydrogens is 526 g/mol. The summed E-state index contributed by atoms with van der Waals surface area (Å²) >= 11 is 0. The smallest absolute Gasteiger partial charge is 0.237 e. The Hall–Kier alpha value is -3.57. The van der Waals surface area contributed by atoms with Crippen LogP contribution in [0.5, 0.6) is 5.75 Å². The molecule has 3 aromatic rings. The summed E-state index contributed by atoms with van der Waals surface area (Å²) in [5.41, 5.74) is 3.93. The second kappa shape index (κ2) is 11.9. The predicted molar refractivity (Wildman–Crippen MR) is 164 cm³/mol. The van der Waals surface area contributed by atoms with E-state index < -0.39 is 14.8 Å². The molecule has 0 atom stereocenters. The Kier molecular flexibility index (Phi) is 8.74. The highest BCUT2D eigenvalue weighted by Crippen LogP contribution is 2.34. The summed E-state index contributed by atoms with van der Waals surface area (Å²) in [7, 11) is -1.40. The number of benzene rings is 2. The van der Waals surface area contributed by atoms with E-state index >= 15 is 0 Å². The average molecular weight is 568 g/mol. The number of aromatic nitrogens is 2. The van der Waals surface area contributed by atoms with E-state index in [2.05, 4.69) is 48.2 Å². The SMILES string of the molecule is Cc1cnc(Nc2ccc(N3CCN(C)CC3)c(OC(C)C)c2)nc1Nc1cccc(NS(=O)(=O)C(C)(C)C)c1. The molecule has 3 N–H and O–H groups in total. The highest BCUT2D eigenvalue weighted by Gasteiger charge is 2.29. The van der Waals surface area contributed by atoms with Crippen molar-refractivity contribution in [2.24, 2.45) is 0 Å². The molecule has 0 amide bonds. The first-order valence-corrected chi connectivity index (χ1v) is 15.0. The molecule has 1 aliphatic heterocycles. The molecule has 0 unspecified atom stereocenters. The molecule has 4 rings (SSSR count). The lowest BCUT2D eigenvalue weighted by molar-refractivity contribution is 0.241. The zero-order chi connectivity index (χ0) is 29.1. The zero-order valence-electron chi connectivity index (χ0n) is 24.4. The maximum absolute atomic E-state index is 12.6. The Balaban J connectivity index is 1.53. The first-order chi connectivity index (χ1) is 18.8. The van der Waals surface area contributed by atoms with Gasteiger partial charge in [-0.25, -0.2) is 13.4 Å². The van der Waals surface area contributed by atoms with Crippen LogP contribution in [0.4, 0.5) is 34.5 Å². The summed E-state index contributed by atoms with van der Waals surface area (Å²) < 4.78 is 33.1. The van der Waals surface area contributed by atoms with Crippen molar-refractivity contribution >= 4 is 44.5 Å². The highest BCUT2D eigenvalue weighted by atomic mass is 32.2. The van der Waals surface area contributed by atoms with E-state index in [0.29, 0.717) is 23.1 Å². The van der Waals surface area contributed by atoms with Crippen molar-refractivity contribution in [2.75, 3.05) is 53.5 Å². The third-order valence-corrected chi connectivity index (χ3v) is 8.69. The van der Waals surface area contributed by atoms with E-state index in [1.165, 1.54) is 0 Å². The molecule has 0 spiro atoms. The van der Waals surface area contributed by atoms with Crippen LogP contribution < -0.4 is 25.0 Å². The van der Waals surface area contributed by atoms with Crippen molar-refractivity contribution in [1.29, 1.82) is 0 Å². The van der Waals surface area contributed by atoms with E-state index in [-0.39, 0.29) is 6.10 Å². The minimum atomic E-state index is -3.54. The van der Waals surface area contributed by atoms with Crippen LogP contribution in [-0.2, 0) is 10.0 Å². The molecule has 10 nitrogen and oxygen atoms in total. The van der Waals surface area contributed by atoms with Crippen LogP contribution in [0.25, 0.3) is 0 Å². The van der Waals surface area contributed by atoms with Crippen LogP contribution in [0.15, 0.2) is 48.7 Å². The van der Waals surface area contributed by atoms with E-state index in [1.807, 2.05) is 39.0 Å². The summed E-state index contributed by atoms with van der Waals surface area (Å²) in [6.07, 6.45) is 1.78. The van der Waals surface area contributed by atoms with Gasteiger partial charge in [0.25, 0.3) is 0 Å². The fourth-order valence-corrected chi connectivity index (χ4v) is 4.86. The van der Waals surface area contributed by atoms with Gasteiger partial charge in [0.05, 0.1) is 22.2 Å². The van der Waals surface area contributed by atoms with Gasteiger partial charge in [-0.1, -0.05) is 6.07 Å². The zero-order valence-corrected chi connectivity index (χ0v) is 25.3. The number of hydrogen-bond donors (Lipinski definition) is 3. The van der Waals surface area contributed by atoms with Crippen molar-refractivity contribution < 1.29 is 13.2 Å². The number of anilines is 6. The molecule has 0 bridgehead atoms. The molecule has 1 fully saturated rings. The maximum atomic E-state index is 12.6. The summed E-state index contributed by atoms with van der Waals surface area (Å²) in [5, 5.41) is 6.60. The molecule has 0 aliphatic carbocycles. The summed E-state index contributed by atoms with van der Waals surface area (Å²) in [6, 6.07) is 13.2. The van der Waals surface area contributed by atoms with E-state index in [9.17, 15) is 8.42 Å². The van der Waals surface area contributed by atoms with Crippen molar-refractivity contribution in [3.8, 4) is 5.75 Å². The summed E-state index contributed by atoms with van der Waals surface area (Å²) in [6.45, 7) is 14.9.